The molecule has 2 rings (SSSR count). The van der Waals surface area contributed by atoms with E-state index in [-0.39, 0.29) is 18.0 Å². The lowest BCUT2D eigenvalue weighted by molar-refractivity contribution is -0.123. The summed E-state index contributed by atoms with van der Waals surface area (Å²) in [6.45, 7) is 7.15. The van der Waals surface area contributed by atoms with E-state index >= 15 is 0 Å². The molecule has 1 amide bonds. The van der Waals surface area contributed by atoms with Crippen molar-refractivity contribution < 1.29 is 9.53 Å². The molecule has 1 aromatic rings. The lowest BCUT2D eigenvalue weighted by atomic mass is 10.1. The second kappa shape index (κ2) is 6.59. The molecule has 0 bridgehead atoms. The Bertz CT molecular complexity index is 503. The first-order valence-electron chi connectivity index (χ1n) is 6.95. The van der Waals surface area contributed by atoms with Gasteiger partial charge in [0.25, 0.3) is 0 Å². The Morgan fingerprint density at radius 3 is 2.85 bits per heavy atom. The first-order valence-corrected chi connectivity index (χ1v) is 7.74. The molecule has 1 aromatic carbocycles. The van der Waals surface area contributed by atoms with Crippen LogP contribution in [0.15, 0.2) is 16.6 Å². The summed E-state index contributed by atoms with van der Waals surface area (Å²) in [5.41, 5.74) is 2.33. The fourth-order valence-corrected chi connectivity index (χ4v) is 2.80. The van der Waals surface area contributed by atoms with Crippen LogP contribution in [0.1, 0.15) is 31.9 Å². The van der Waals surface area contributed by atoms with Gasteiger partial charge in [-0.1, -0.05) is 15.9 Å². The number of halogens is 1. The molecule has 5 heteroatoms. The van der Waals surface area contributed by atoms with Crippen LogP contribution in [0.5, 0.6) is 5.75 Å². The number of carbonyl (C=O) groups is 1. The van der Waals surface area contributed by atoms with Gasteiger partial charge in [-0.2, -0.15) is 0 Å². The number of benzene rings is 1. The van der Waals surface area contributed by atoms with E-state index in [1.165, 1.54) is 5.56 Å². The quantitative estimate of drug-likeness (QED) is 0.865. The number of rotatable bonds is 5. The van der Waals surface area contributed by atoms with Crippen molar-refractivity contribution in [1.82, 2.24) is 10.6 Å². The van der Waals surface area contributed by atoms with E-state index in [0.29, 0.717) is 6.54 Å². The maximum atomic E-state index is 11.9. The molecule has 1 aliphatic rings. The van der Waals surface area contributed by atoms with Gasteiger partial charge >= 0.3 is 0 Å². The molecule has 110 valence electrons. The number of nitrogens with one attached hydrogen (secondary N) is 2. The second-order valence-corrected chi connectivity index (χ2v) is 6.33. The smallest absolute Gasteiger partial charge is 0.237 e. The molecular weight excluding hydrogens is 320 g/mol. The summed E-state index contributed by atoms with van der Waals surface area (Å²) >= 11 is 3.52. The number of fused-ring (bicyclic) bond motifs is 1. The van der Waals surface area contributed by atoms with E-state index in [2.05, 4.69) is 32.6 Å². The highest BCUT2D eigenvalue weighted by Crippen LogP contribution is 2.32. The van der Waals surface area contributed by atoms with Crippen molar-refractivity contribution in [1.29, 1.82) is 0 Å². The van der Waals surface area contributed by atoms with Crippen molar-refractivity contribution >= 4 is 21.8 Å². The Kier molecular flexibility index (Phi) is 5.05. The summed E-state index contributed by atoms with van der Waals surface area (Å²) in [7, 11) is 0. The highest BCUT2D eigenvalue weighted by atomic mass is 79.9. The zero-order chi connectivity index (χ0) is 14.7. The molecule has 1 atom stereocenters. The Labute approximate surface area is 128 Å². The monoisotopic (exact) mass is 340 g/mol. The number of carbonyl (C=O) groups excluding carboxylic acids is 1. The summed E-state index contributed by atoms with van der Waals surface area (Å²) in [4.78, 5) is 11.9. The maximum absolute atomic E-state index is 11.9. The fourth-order valence-electron chi connectivity index (χ4n) is 2.24. The van der Waals surface area contributed by atoms with Crippen LogP contribution in [-0.2, 0) is 17.8 Å². The summed E-state index contributed by atoms with van der Waals surface area (Å²) in [5, 5.41) is 6.15. The topological polar surface area (TPSA) is 50.4 Å². The normalized spacial score (nSPS) is 14.8. The highest BCUT2D eigenvalue weighted by Gasteiger charge is 2.19. The molecule has 0 saturated carbocycles. The van der Waals surface area contributed by atoms with Crippen LogP contribution in [0.3, 0.4) is 0 Å². The lowest BCUT2D eigenvalue weighted by Crippen LogP contribution is -2.44. The van der Waals surface area contributed by atoms with E-state index in [0.717, 1.165) is 28.8 Å². The third-order valence-electron chi connectivity index (χ3n) is 3.25. The number of amides is 1. The minimum Gasteiger partial charge on any atom is -0.493 e. The van der Waals surface area contributed by atoms with Crippen molar-refractivity contribution in [2.45, 2.75) is 45.8 Å². The second-order valence-electron chi connectivity index (χ2n) is 5.42. The predicted molar refractivity (Wildman–Crippen MR) is 82.9 cm³/mol. The summed E-state index contributed by atoms with van der Waals surface area (Å²) in [5.74, 6) is 0.990. The van der Waals surface area contributed by atoms with Gasteiger partial charge in [-0.3, -0.25) is 4.79 Å². The van der Waals surface area contributed by atoms with Gasteiger partial charge in [0.15, 0.2) is 0 Å². The molecule has 0 saturated heterocycles. The van der Waals surface area contributed by atoms with E-state index in [9.17, 15) is 4.79 Å². The van der Waals surface area contributed by atoms with Gasteiger partial charge in [-0.15, -0.1) is 0 Å². The number of hydrogen-bond acceptors (Lipinski definition) is 3. The molecule has 1 aliphatic heterocycles. The zero-order valence-corrected chi connectivity index (χ0v) is 13.7. The van der Waals surface area contributed by atoms with Crippen LogP contribution in [0.25, 0.3) is 0 Å². The molecule has 0 radical (unpaired) electrons. The van der Waals surface area contributed by atoms with Crippen molar-refractivity contribution in [3.63, 3.8) is 0 Å². The van der Waals surface area contributed by atoms with Crippen LogP contribution in [0.4, 0.5) is 0 Å². The average molecular weight is 341 g/mol. The summed E-state index contributed by atoms with van der Waals surface area (Å²) < 4.78 is 6.73. The van der Waals surface area contributed by atoms with Crippen LogP contribution >= 0.6 is 15.9 Å². The minimum absolute atomic E-state index is 0.0209. The van der Waals surface area contributed by atoms with Crippen molar-refractivity contribution in [3.05, 3.63) is 27.7 Å². The Morgan fingerprint density at radius 2 is 2.15 bits per heavy atom. The van der Waals surface area contributed by atoms with E-state index in [1.54, 1.807) is 0 Å². The van der Waals surface area contributed by atoms with Gasteiger partial charge < -0.3 is 15.4 Å². The van der Waals surface area contributed by atoms with E-state index in [4.69, 9.17) is 4.74 Å². The van der Waals surface area contributed by atoms with E-state index < -0.39 is 0 Å². The minimum atomic E-state index is -0.228. The molecule has 2 N–H and O–H groups in total. The van der Waals surface area contributed by atoms with Crippen molar-refractivity contribution in [2.75, 3.05) is 6.61 Å². The third-order valence-corrected chi connectivity index (χ3v) is 3.71. The van der Waals surface area contributed by atoms with Gasteiger partial charge in [-0.05, 0) is 38.5 Å². The van der Waals surface area contributed by atoms with Gasteiger partial charge in [0.05, 0.1) is 12.6 Å². The molecule has 1 heterocycles. The van der Waals surface area contributed by atoms with Gasteiger partial charge in [0, 0.05) is 29.0 Å². The van der Waals surface area contributed by atoms with Crippen LogP contribution < -0.4 is 15.4 Å². The number of hydrogen-bond donors (Lipinski definition) is 2. The first-order chi connectivity index (χ1) is 9.47. The molecule has 1 unspecified atom stereocenters. The molecule has 0 fully saturated rings. The molecule has 0 aromatic heterocycles. The van der Waals surface area contributed by atoms with Gasteiger partial charge in [-0.25, -0.2) is 0 Å². The van der Waals surface area contributed by atoms with Crippen molar-refractivity contribution in [2.24, 2.45) is 0 Å². The number of ether oxygens (including phenoxy) is 1. The Balaban J connectivity index is 1.99. The first kappa shape index (κ1) is 15.3. The van der Waals surface area contributed by atoms with Gasteiger partial charge in [0.1, 0.15) is 5.75 Å². The average Bonchev–Trinajstić information content (AvgIpc) is 2.82. The SMILES string of the molecule is CC(C)NC(=O)C(C)NCc1cc(Br)cc2c1OCC2. The predicted octanol–water partition coefficient (Wildman–Crippen LogP) is 2.39. The highest BCUT2D eigenvalue weighted by molar-refractivity contribution is 9.10. The van der Waals surface area contributed by atoms with Gasteiger partial charge in [0.2, 0.25) is 5.91 Å². The fraction of sp³-hybridized carbons (Fsp3) is 0.533. The Morgan fingerprint density at radius 1 is 1.40 bits per heavy atom. The maximum Gasteiger partial charge on any atom is 0.237 e. The van der Waals surface area contributed by atoms with Crippen molar-refractivity contribution in [3.8, 4) is 5.75 Å². The van der Waals surface area contributed by atoms with Crippen LogP contribution in [-0.4, -0.2) is 24.6 Å². The van der Waals surface area contributed by atoms with Crippen LogP contribution in [0, 0.1) is 0 Å². The zero-order valence-electron chi connectivity index (χ0n) is 12.1. The third kappa shape index (κ3) is 3.73. The molecule has 0 spiro atoms. The molecular formula is C15H21BrN2O2. The summed E-state index contributed by atoms with van der Waals surface area (Å²) in [6.07, 6.45) is 0.950. The standard InChI is InChI=1S/C15H21BrN2O2/c1-9(2)18-15(19)10(3)17-8-12-7-13(16)6-11-4-5-20-14(11)12/h6-7,9-10,17H,4-5,8H2,1-3H3,(H,18,19). The van der Waals surface area contributed by atoms with E-state index in [1.807, 2.05) is 26.8 Å². The molecule has 20 heavy (non-hydrogen) atoms. The Hall–Kier alpha value is -1.07. The van der Waals surface area contributed by atoms with Crippen LogP contribution in [0.2, 0.25) is 0 Å². The largest absolute Gasteiger partial charge is 0.493 e. The molecule has 4 nitrogen and oxygen atoms in total. The lowest BCUT2D eigenvalue weighted by Gasteiger charge is -2.17. The molecule has 0 aliphatic carbocycles. The summed E-state index contributed by atoms with van der Waals surface area (Å²) in [6, 6.07) is 4.07.